The molecular weight excluding hydrogens is 472 g/mol. The van der Waals surface area contributed by atoms with E-state index in [1.807, 2.05) is 66.9 Å². The van der Waals surface area contributed by atoms with Gasteiger partial charge in [-0.25, -0.2) is 4.79 Å². The van der Waals surface area contributed by atoms with Crippen molar-refractivity contribution in [2.75, 3.05) is 7.11 Å². The van der Waals surface area contributed by atoms with Gasteiger partial charge < -0.3 is 14.6 Å². The summed E-state index contributed by atoms with van der Waals surface area (Å²) in [5, 5.41) is 9.87. The molecule has 1 aliphatic rings. The van der Waals surface area contributed by atoms with Crippen molar-refractivity contribution in [3.8, 4) is 17.1 Å². The summed E-state index contributed by atoms with van der Waals surface area (Å²) in [6, 6.07) is 18.1. The molecule has 1 atom stereocenters. The summed E-state index contributed by atoms with van der Waals surface area (Å²) in [5.74, 6) is 1.46. The van der Waals surface area contributed by atoms with Gasteiger partial charge in [-0.2, -0.15) is 4.98 Å². The molecule has 0 radical (unpaired) electrons. The first-order valence-corrected chi connectivity index (χ1v) is 11.8. The van der Waals surface area contributed by atoms with E-state index in [4.69, 9.17) is 20.9 Å². The highest BCUT2D eigenvalue weighted by Gasteiger charge is 2.36. The van der Waals surface area contributed by atoms with Crippen LogP contribution in [0.25, 0.3) is 17.0 Å². The van der Waals surface area contributed by atoms with Crippen molar-refractivity contribution >= 4 is 34.5 Å². The van der Waals surface area contributed by atoms with Gasteiger partial charge in [-0.1, -0.05) is 47.1 Å². The second-order valence-corrected chi connectivity index (χ2v) is 9.23. The third kappa shape index (κ3) is 4.30. The van der Waals surface area contributed by atoms with Crippen molar-refractivity contribution in [1.82, 2.24) is 20.4 Å². The van der Waals surface area contributed by atoms with Crippen molar-refractivity contribution in [2.45, 2.75) is 19.5 Å². The Morgan fingerprint density at radius 3 is 2.79 bits per heavy atom. The van der Waals surface area contributed by atoms with Crippen molar-refractivity contribution in [3.63, 3.8) is 0 Å². The molecule has 7 nitrogen and oxygen atoms in total. The fourth-order valence-corrected chi connectivity index (χ4v) is 4.85. The number of amides is 2. The van der Waals surface area contributed by atoms with E-state index < -0.39 is 6.04 Å². The Kier molecular flexibility index (Phi) is 6.08. The normalized spacial score (nSPS) is 16.0. The molecule has 2 amide bonds. The molecule has 0 aliphatic carbocycles. The zero-order valence-electron chi connectivity index (χ0n) is 18.5. The Bertz CT molecular complexity index is 1370. The average molecular weight is 493 g/mol. The van der Waals surface area contributed by atoms with Crippen LogP contribution in [0.15, 0.2) is 76.3 Å². The number of ether oxygens (including phenoxy) is 1. The number of nitrogens with zero attached hydrogens (tertiary/aromatic N) is 3. The highest BCUT2D eigenvalue weighted by Crippen LogP contribution is 2.38. The molecule has 9 heteroatoms. The Balaban J connectivity index is 1.60. The third-order valence-electron chi connectivity index (χ3n) is 5.66. The quantitative estimate of drug-likeness (QED) is 0.348. The molecule has 1 unspecified atom stereocenters. The van der Waals surface area contributed by atoms with E-state index in [1.54, 1.807) is 29.4 Å². The number of allylic oxidation sites excluding steroid dienone is 1. The average Bonchev–Trinajstić information content (AvgIpc) is 3.54. The highest BCUT2D eigenvalue weighted by atomic mass is 35.5. The van der Waals surface area contributed by atoms with Gasteiger partial charge in [0.1, 0.15) is 5.75 Å². The molecule has 0 spiro atoms. The molecule has 1 aliphatic heterocycles. The molecule has 172 valence electrons. The van der Waals surface area contributed by atoms with Crippen LogP contribution in [0.1, 0.15) is 29.3 Å². The summed E-state index contributed by atoms with van der Waals surface area (Å²) in [5.41, 5.74) is 3.05. The third-order valence-corrected chi connectivity index (χ3v) is 6.75. The van der Waals surface area contributed by atoms with Crippen LogP contribution in [0.5, 0.6) is 5.75 Å². The molecule has 0 fully saturated rings. The minimum absolute atomic E-state index is 0.202. The molecule has 0 saturated heterocycles. The summed E-state index contributed by atoms with van der Waals surface area (Å²) >= 11 is 7.86. The first-order chi connectivity index (χ1) is 16.5. The van der Waals surface area contributed by atoms with Crippen LogP contribution in [0, 0.1) is 0 Å². The number of methoxy groups -OCH3 is 1. The predicted molar refractivity (Wildman–Crippen MR) is 131 cm³/mol. The van der Waals surface area contributed by atoms with Crippen LogP contribution in [0.3, 0.4) is 0 Å². The number of hydrogen-bond acceptors (Lipinski definition) is 6. The Morgan fingerprint density at radius 1 is 1.18 bits per heavy atom. The monoisotopic (exact) mass is 492 g/mol. The van der Waals surface area contributed by atoms with Gasteiger partial charge in [-0.3, -0.25) is 4.90 Å². The summed E-state index contributed by atoms with van der Waals surface area (Å²) in [6.45, 7) is 2.34. The zero-order chi connectivity index (χ0) is 23.7. The summed E-state index contributed by atoms with van der Waals surface area (Å²) in [7, 11) is 1.61. The second-order valence-electron chi connectivity index (χ2n) is 7.76. The maximum absolute atomic E-state index is 13.1. The van der Waals surface area contributed by atoms with Gasteiger partial charge in [-0.05, 0) is 48.2 Å². The summed E-state index contributed by atoms with van der Waals surface area (Å²) in [6.07, 6.45) is 0. The minimum atomic E-state index is -0.496. The number of thiophene rings is 1. The molecule has 2 aromatic carbocycles. The van der Waals surface area contributed by atoms with E-state index in [0.29, 0.717) is 29.0 Å². The lowest BCUT2D eigenvalue weighted by Crippen LogP contribution is -2.45. The SMILES string of the molecule is COc1cccc(-c2noc(C3=C(C)N(Cc4cccs4)C(=O)NC3c3cccc(Cl)c3)n2)c1. The molecule has 4 aromatic rings. The van der Waals surface area contributed by atoms with Crippen molar-refractivity contribution in [1.29, 1.82) is 0 Å². The van der Waals surface area contributed by atoms with E-state index in [9.17, 15) is 4.79 Å². The number of carbonyl (C=O) groups excluding carboxylic acids is 1. The van der Waals surface area contributed by atoms with Gasteiger partial charge in [0.25, 0.3) is 5.89 Å². The Labute approximate surface area is 205 Å². The predicted octanol–water partition coefficient (Wildman–Crippen LogP) is 6.16. The lowest BCUT2D eigenvalue weighted by atomic mass is 9.94. The summed E-state index contributed by atoms with van der Waals surface area (Å²) < 4.78 is 11.1. The van der Waals surface area contributed by atoms with E-state index in [-0.39, 0.29) is 6.03 Å². The lowest BCUT2D eigenvalue weighted by molar-refractivity contribution is 0.203. The molecule has 0 saturated carbocycles. The lowest BCUT2D eigenvalue weighted by Gasteiger charge is -2.35. The number of hydrogen-bond donors (Lipinski definition) is 1. The van der Waals surface area contributed by atoms with Crippen LogP contribution in [-0.2, 0) is 6.54 Å². The largest absolute Gasteiger partial charge is 0.497 e. The van der Waals surface area contributed by atoms with Gasteiger partial charge in [-0.15, -0.1) is 11.3 Å². The Hall–Kier alpha value is -3.62. The maximum Gasteiger partial charge on any atom is 0.322 e. The Morgan fingerprint density at radius 2 is 2.03 bits per heavy atom. The molecule has 5 rings (SSSR count). The zero-order valence-corrected chi connectivity index (χ0v) is 20.1. The first-order valence-electron chi connectivity index (χ1n) is 10.6. The van der Waals surface area contributed by atoms with E-state index in [0.717, 1.165) is 27.3 Å². The van der Waals surface area contributed by atoms with Crippen molar-refractivity contribution in [2.24, 2.45) is 0 Å². The van der Waals surface area contributed by atoms with E-state index >= 15 is 0 Å². The number of rotatable bonds is 6. The minimum Gasteiger partial charge on any atom is -0.497 e. The number of nitrogens with one attached hydrogen (secondary N) is 1. The molecule has 34 heavy (non-hydrogen) atoms. The number of aromatic nitrogens is 2. The van der Waals surface area contributed by atoms with Crippen molar-refractivity contribution in [3.05, 3.63) is 93.1 Å². The smallest absolute Gasteiger partial charge is 0.322 e. The van der Waals surface area contributed by atoms with Gasteiger partial charge in [0, 0.05) is 21.2 Å². The number of carbonyl (C=O) groups is 1. The van der Waals surface area contributed by atoms with Crippen molar-refractivity contribution < 1.29 is 14.1 Å². The standard InChI is InChI=1S/C25H21ClN4O3S/c1-15-21(24-28-23(29-33-24)17-7-4-9-19(13-17)32-2)22(16-6-3-8-18(26)12-16)27-25(31)30(15)14-20-10-5-11-34-20/h3-13,22H,14H2,1-2H3,(H,27,31). The van der Waals surface area contributed by atoms with Gasteiger partial charge in [0.05, 0.1) is 25.3 Å². The first kappa shape index (κ1) is 22.2. The topological polar surface area (TPSA) is 80.5 Å². The number of urea groups is 1. The number of benzene rings is 2. The van der Waals surface area contributed by atoms with Crippen LogP contribution < -0.4 is 10.1 Å². The highest BCUT2D eigenvalue weighted by molar-refractivity contribution is 7.09. The van der Waals surface area contributed by atoms with Crippen LogP contribution in [0.2, 0.25) is 5.02 Å². The van der Waals surface area contributed by atoms with Gasteiger partial charge in [0.15, 0.2) is 0 Å². The fourth-order valence-electron chi connectivity index (χ4n) is 3.96. The van der Waals surface area contributed by atoms with E-state index in [1.165, 1.54) is 0 Å². The maximum atomic E-state index is 13.1. The molecular formula is C25H21ClN4O3S. The number of halogens is 1. The second kappa shape index (κ2) is 9.32. The van der Waals surface area contributed by atoms with E-state index in [2.05, 4.69) is 15.5 Å². The molecule has 2 aromatic heterocycles. The molecule has 0 bridgehead atoms. The molecule has 1 N–H and O–H groups in total. The van der Waals surface area contributed by atoms with Gasteiger partial charge >= 0.3 is 6.03 Å². The van der Waals surface area contributed by atoms with Crippen LogP contribution in [-0.4, -0.2) is 28.2 Å². The summed E-state index contributed by atoms with van der Waals surface area (Å²) in [4.78, 5) is 20.6. The fraction of sp³-hybridized carbons (Fsp3) is 0.160. The van der Waals surface area contributed by atoms with Gasteiger partial charge in [0.2, 0.25) is 5.82 Å². The van der Waals surface area contributed by atoms with Crippen LogP contribution in [0.4, 0.5) is 4.79 Å². The molecule has 3 heterocycles. The van der Waals surface area contributed by atoms with Crippen LogP contribution >= 0.6 is 22.9 Å².